The average molecular weight is 315 g/mol. The first-order valence-electron chi connectivity index (χ1n) is 6.25. The smallest absolute Gasteiger partial charge is 0.303 e. The summed E-state index contributed by atoms with van der Waals surface area (Å²) in [6.45, 7) is 0. The van der Waals surface area contributed by atoms with Crippen LogP contribution in [0.4, 0.5) is 0 Å². The topological polar surface area (TPSA) is 83.5 Å². The van der Waals surface area contributed by atoms with Gasteiger partial charge in [-0.1, -0.05) is 0 Å². The summed E-state index contributed by atoms with van der Waals surface area (Å²) in [4.78, 5) is 12.0. The fourth-order valence-corrected chi connectivity index (χ4v) is 3.86. The molecular formula is C13H17NO4S2. The van der Waals surface area contributed by atoms with E-state index in [1.54, 1.807) is 36.0 Å². The summed E-state index contributed by atoms with van der Waals surface area (Å²) >= 11 is 1.58. The molecule has 0 aliphatic heterocycles. The first-order chi connectivity index (χ1) is 9.37. The Hall–Kier alpha value is -1.05. The molecule has 1 fully saturated rings. The minimum Gasteiger partial charge on any atom is -0.481 e. The third-order valence-corrected chi connectivity index (χ3v) is 6.22. The van der Waals surface area contributed by atoms with Gasteiger partial charge in [0.1, 0.15) is 0 Å². The Balaban J connectivity index is 1.97. The Bertz CT molecular complexity index is 591. The van der Waals surface area contributed by atoms with E-state index >= 15 is 0 Å². The molecule has 7 heteroatoms. The van der Waals surface area contributed by atoms with E-state index < -0.39 is 16.0 Å². The highest BCUT2D eigenvalue weighted by Gasteiger charge is 2.44. The van der Waals surface area contributed by atoms with Crippen LogP contribution in [0, 0.1) is 5.41 Å². The third kappa shape index (κ3) is 3.74. The molecule has 0 atom stereocenters. The number of benzene rings is 1. The van der Waals surface area contributed by atoms with Gasteiger partial charge in [0.05, 0.1) is 11.3 Å². The zero-order valence-electron chi connectivity index (χ0n) is 11.1. The second-order valence-corrected chi connectivity index (χ2v) is 7.97. The van der Waals surface area contributed by atoms with Crippen LogP contribution in [-0.4, -0.2) is 32.3 Å². The molecule has 20 heavy (non-hydrogen) atoms. The van der Waals surface area contributed by atoms with Crippen LogP contribution < -0.4 is 4.72 Å². The van der Waals surface area contributed by atoms with Gasteiger partial charge in [-0.3, -0.25) is 4.79 Å². The zero-order valence-corrected chi connectivity index (χ0v) is 12.8. The van der Waals surface area contributed by atoms with Crippen molar-refractivity contribution in [2.75, 3.05) is 12.8 Å². The predicted molar refractivity (Wildman–Crippen MR) is 77.3 cm³/mol. The fourth-order valence-electron chi connectivity index (χ4n) is 1.94. The van der Waals surface area contributed by atoms with Gasteiger partial charge in [0, 0.05) is 10.6 Å². The predicted octanol–water partition coefficient (Wildman–Crippen LogP) is 1.94. The Labute approximate surface area is 122 Å². The molecule has 5 nitrogen and oxygen atoms in total. The van der Waals surface area contributed by atoms with Crippen LogP contribution in [0.1, 0.15) is 19.3 Å². The molecule has 1 aliphatic carbocycles. The monoisotopic (exact) mass is 315 g/mol. The number of carboxylic acid groups (broad SMARTS) is 1. The summed E-state index contributed by atoms with van der Waals surface area (Å²) < 4.78 is 25.4. The summed E-state index contributed by atoms with van der Waals surface area (Å²) in [5.41, 5.74) is -0.0633. The summed E-state index contributed by atoms with van der Waals surface area (Å²) in [5, 5.41) is 8.86. The molecule has 0 aromatic heterocycles. The van der Waals surface area contributed by atoms with E-state index in [1.165, 1.54) is 7.05 Å². The number of nitrogens with one attached hydrogen (secondary N) is 1. The van der Waals surface area contributed by atoms with Gasteiger partial charge in [0.2, 0.25) is 10.0 Å². The van der Waals surface area contributed by atoms with E-state index in [0.29, 0.717) is 0 Å². The Kier molecular flexibility index (Phi) is 4.41. The van der Waals surface area contributed by atoms with Gasteiger partial charge >= 0.3 is 5.97 Å². The normalized spacial score (nSPS) is 16.9. The lowest BCUT2D eigenvalue weighted by molar-refractivity contribution is -0.138. The van der Waals surface area contributed by atoms with Gasteiger partial charge < -0.3 is 5.11 Å². The number of sulfonamides is 1. The first kappa shape index (κ1) is 15.3. The molecule has 2 rings (SSSR count). The number of hydrogen-bond acceptors (Lipinski definition) is 4. The van der Waals surface area contributed by atoms with Crippen molar-refractivity contribution in [1.82, 2.24) is 4.72 Å². The molecule has 1 saturated carbocycles. The molecule has 0 bridgehead atoms. The molecule has 0 unspecified atom stereocenters. The van der Waals surface area contributed by atoms with Gasteiger partial charge in [-0.25, -0.2) is 13.1 Å². The van der Waals surface area contributed by atoms with E-state index in [9.17, 15) is 13.2 Å². The van der Waals surface area contributed by atoms with Gasteiger partial charge in [-0.05, 0) is 49.6 Å². The highest BCUT2D eigenvalue weighted by molar-refractivity contribution is 7.99. The van der Waals surface area contributed by atoms with E-state index in [2.05, 4.69) is 4.72 Å². The van der Waals surface area contributed by atoms with E-state index in [1.807, 2.05) is 0 Å². The number of carbonyl (C=O) groups is 1. The zero-order chi connectivity index (χ0) is 14.8. The fraction of sp³-hybridized carbons (Fsp3) is 0.462. The number of thioether (sulfide) groups is 1. The van der Waals surface area contributed by atoms with Crippen LogP contribution in [0.5, 0.6) is 0 Å². The maximum absolute atomic E-state index is 11.6. The van der Waals surface area contributed by atoms with Crippen molar-refractivity contribution in [3.05, 3.63) is 24.3 Å². The van der Waals surface area contributed by atoms with Crippen molar-refractivity contribution in [2.24, 2.45) is 5.41 Å². The van der Waals surface area contributed by atoms with Crippen LogP contribution in [-0.2, 0) is 14.8 Å². The van der Waals surface area contributed by atoms with Crippen molar-refractivity contribution in [3.8, 4) is 0 Å². The highest BCUT2D eigenvalue weighted by Crippen LogP contribution is 2.51. The largest absolute Gasteiger partial charge is 0.481 e. The second-order valence-electron chi connectivity index (χ2n) is 5.04. The van der Waals surface area contributed by atoms with Crippen molar-refractivity contribution in [2.45, 2.75) is 29.1 Å². The number of aliphatic carboxylic acids is 1. The summed E-state index contributed by atoms with van der Waals surface area (Å²) in [6, 6.07) is 6.63. The Morgan fingerprint density at radius 1 is 1.35 bits per heavy atom. The van der Waals surface area contributed by atoms with E-state index in [4.69, 9.17) is 5.11 Å². The maximum atomic E-state index is 11.6. The third-order valence-electron chi connectivity index (χ3n) is 3.43. The second kappa shape index (κ2) is 5.75. The van der Waals surface area contributed by atoms with Crippen molar-refractivity contribution in [1.29, 1.82) is 0 Å². The lowest BCUT2D eigenvalue weighted by Gasteiger charge is -2.11. The standard InChI is InChI=1S/C13H17NO4S2/c1-14-20(17,18)11-4-2-10(3-5-11)19-9-13(6-7-13)8-12(15)16/h2-5,14H,6-9H2,1H3,(H,15,16). The number of hydrogen-bond donors (Lipinski definition) is 2. The Morgan fingerprint density at radius 2 is 1.95 bits per heavy atom. The molecule has 0 amide bonds. The molecule has 1 aromatic rings. The maximum Gasteiger partial charge on any atom is 0.303 e. The van der Waals surface area contributed by atoms with Gasteiger partial charge in [-0.15, -0.1) is 11.8 Å². The first-order valence-corrected chi connectivity index (χ1v) is 8.72. The SMILES string of the molecule is CNS(=O)(=O)c1ccc(SCC2(CC(=O)O)CC2)cc1. The van der Waals surface area contributed by atoms with Crippen molar-refractivity contribution < 1.29 is 18.3 Å². The molecule has 0 heterocycles. The van der Waals surface area contributed by atoms with Crippen LogP contribution in [0.2, 0.25) is 0 Å². The molecule has 1 aromatic carbocycles. The molecule has 0 saturated heterocycles. The molecule has 1 aliphatic rings. The van der Waals surface area contributed by atoms with Gasteiger partial charge in [-0.2, -0.15) is 0 Å². The van der Waals surface area contributed by atoms with E-state index in [-0.39, 0.29) is 16.7 Å². The van der Waals surface area contributed by atoms with Gasteiger partial charge in [0.15, 0.2) is 0 Å². The van der Waals surface area contributed by atoms with Crippen molar-refractivity contribution in [3.63, 3.8) is 0 Å². The summed E-state index contributed by atoms with van der Waals surface area (Å²) in [6.07, 6.45) is 2.13. The summed E-state index contributed by atoms with van der Waals surface area (Å²) in [7, 11) is -2.02. The number of carboxylic acids is 1. The molecule has 0 spiro atoms. The molecular weight excluding hydrogens is 298 g/mol. The lowest BCUT2D eigenvalue weighted by Crippen LogP contribution is -2.18. The lowest BCUT2D eigenvalue weighted by atomic mass is 10.1. The average Bonchev–Trinajstić information content (AvgIpc) is 3.16. The quantitative estimate of drug-likeness (QED) is 0.751. The minimum absolute atomic E-state index is 0.0633. The molecule has 110 valence electrons. The number of rotatable bonds is 7. The van der Waals surface area contributed by atoms with Gasteiger partial charge in [0.25, 0.3) is 0 Å². The molecule has 0 radical (unpaired) electrons. The van der Waals surface area contributed by atoms with E-state index in [0.717, 1.165) is 23.5 Å². The minimum atomic E-state index is -3.40. The van der Waals surface area contributed by atoms with Crippen LogP contribution in [0.3, 0.4) is 0 Å². The summed E-state index contributed by atoms with van der Waals surface area (Å²) in [5.74, 6) is 0.0100. The van der Waals surface area contributed by atoms with Crippen LogP contribution >= 0.6 is 11.8 Å². The molecule has 2 N–H and O–H groups in total. The highest BCUT2D eigenvalue weighted by atomic mass is 32.2. The van der Waals surface area contributed by atoms with Crippen LogP contribution in [0.25, 0.3) is 0 Å². The Morgan fingerprint density at radius 3 is 2.40 bits per heavy atom. The van der Waals surface area contributed by atoms with Crippen LogP contribution in [0.15, 0.2) is 34.1 Å². The van der Waals surface area contributed by atoms with Crippen molar-refractivity contribution >= 4 is 27.8 Å².